The van der Waals surface area contributed by atoms with E-state index in [1.54, 1.807) is 0 Å². The number of fused-ring (bicyclic) bond motifs is 3. The van der Waals surface area contributed by atoms with Gasteiger partial charge < -0.3 is 0 Å². The molecule has 4 aliphatic rings. The van der Waals surface area contributed by atoms with Crippen molar-refractivity contribution in [3.8, 4) is 0 Å². The third-order valence-electron chi connectivity index (χ3n) is 7.64. The smallest absolute Gasteiger partial charge is 0.0223 e. The average Bonchev–Trinajstić information content (AvgIpc) is 2.82. The number of nitrogens with zero attached hydrogens (tertiary/aromatic N) is 2. The third kappa shape index (κ3) is 2.20. The van der Waals surface area contributed by atoms with Crippen molar-refractivity contribution in [2.75, 3.05) is 26.2 Å². The minimum Gasteiger partial charge on any atom is -0.299 e. The minimum atomic E-state index is 0.539. The molecule has 0 aromatic heterocycles. The molecule has 2 saturated heterocycles. The lowest BCUT2D eigenvalue weighted by Gasteiger charge is -2.50. The van der Waals surface area contributed by atoms with Crippen LogP contribution in [-0.4, -0.2) is 48.1 Å². The standard InChI is InChI=1S/C19H34N2/c1-18(2)15-8-9-19(3,13-15)17(18)21-12-6-11-20-10-5-4-7-16(20)14-21/h15-17H,4-14H2,1-3H3. The highest BCUT2D eigenvalue weighted by Gasteiger charge is 2.61. The van der Waals surface area contributed by atoms with Crippen LogP contribution in [0.25, 0.3) is 0 Å². The van der Waals surface area contributed by atoms with E-state index >= 15 is 0 Å². The summed E-state index contributed by atoms with van der Waals surface area (Å²) in [6.45, 7) is 13.2. The summed E-state index contributed by atoms with van der Waals surface area (Å²) in [6.07, 6.45) is 10.2. The fourth-order valence-electron chi connectivity index (χ4n) is 6.82. The molecule has 2 saturated carbocycles. The number of hydrogen-bond donors (Lipinski definition) is 0. The Labute approximate surface area is 131 Å². The van der Waals surface area contributed by atoms with E-state index in [4.69, 9.17) is 0 Å². The molecule has 2 bridgehead atoms. The molecule has 4 fully saturated rings. The Morgan fingerprint density at radius 1 is 0.857 bits per heavy atom. The Morgan fingerprint density at radius 2 is 1.62 bits per heavy atom. The number of hydrogen-bond acceptors (Lipinski definition) is 2. The second-order valence-electron chi connectivity index (χ2n) is 9.35. The van der Waals surface area contributed by atoms with E-state index in [2.05, 4.69) is 30.6 Å². The first kappa shape index (κ1) is 14.5. The van der Waals surface area contributed by atoms with Gasteiger partial charge >= 0.3 is 0 Å². The zero-order valence-electron chi connectivity index (χ0n) is 14.4. The van der Waals surface area contributed by atoms with Crippen LogP contribution < -0.4 is 0 Å². The third-order valence-corrected chi connectivity index (χ3v) is 7.64. The van der Waals surface area contributed by atoms with Crippen molar-refractivity contribution in [2.24, 2.45) is 16.7 Å². The molecule has 0 radical (unpaired) electrons. The zero-order chi connectivity index (χ0) is 14.7. The Hall–Kier alpha value is -0.0800. The van der Waals surface area contributed by atoms with Gasteiger partial charge in [-0.05, 0) is 74.9 Å². The fraction of sp³-hybridized carbons (Fsp3) is 1.00. The van der Waals surface area contributed by atoms with Gasteiger partial charge in [-0.15, -0.1) is 0 Å². The van der Waals surface area contributed by atoms with Crippen LogP contribution in [0.2, 0.25) is 0 Å². The second-order valence-corrected chi connectivity index (χ2v) is 9.35. The highest BCUT2D eigenvalue weighted by atomic mass is 15.3. The van der Waals surface area contributed by atoms with Gasteiger partial charge in [-0.2, -0.15) is 0 Å². The molecule has 2 nitrogen and oxygen atoms in total. The predicted octanol–water partition coefficient (Wildman–Crippen LogP) is 3.76. The first-order valence-corrected chi connectivity index (χ1v) is 9.49. The van der Waals surface area contributed by atoms with Gasteiger partial charge in [-0.25, -0.2) is 0 Å². The summed E-state index contributed by atoms with van der Waals surface area (Å²) in [5.41, 5.74) is 1.15. The highest BCUT2D eigenvalue weighted by Crippen LogP contribution is 2.64. The van der Waals surface area contributed by atoms with Crippen molar-refractivity contribution in [3.63, 3.8) is 0 Å². The molecule has 4 unspecified atom stereocenters. The SMILES string of the molecule is CC12CCC(C1)C(C)(C)C2N1CCCN2CCCCC2C1. The van der Waals surface area contributed by atoms with Crippen LogP contribution in [0, 0.1) is 16.7 Å². The summed E-state index contributed by atoms with van der Waals surface area (Å²) < 4.78 is 0. The zero-order valence-corrected chi connectivity index (χ0v) is 14.4. The van der Waals surface area contributed by atoms with E-state index in [1.807, 2.05) is 0 Å². The van der Waals surface area contributed by atoms with E-state index in [1.165, 1.54) is 71.1 Å². The van der Waals surface area contributed by atoms with Gasteiger partial charge in [0.2, 0.25) is 0 Å². The molecule has 2 aliphatic heterocycles. The van der Waals surface area contributed by atoms with Crippen LogP contribution in [0.15, 0.2) is 0 Å². The van der Waals surface area contributed by atoms with Crippen molar-refractivity contribution >= 4 is 0 Å². The van der Waals surface area contributed by atoms with E-state index in [9.17, 15) is 0 Å². The molecular weight excluding hydrogens is 256 g/mol. The molecule has 4 atom stereocenters. The molecule has 0 aromatic rings. The summed E-state index contributed by atoms with van der Waals surface area (Å²) in [6, 6.07) is 1.70. The maximum absolute atomic E-state index is 2.95. The minimum absolute atomic E-state index is 0.539. The van der Waals surface area contributed by atoms with Crippen LogP contribution >= 0.6 is 0 Å². The van der Waals surface area contributed by atoms with Crippen LogP contribution in [0.5, 0.6) is 0 Å². The molecular formula is C19H34N2. The van der Waals surface area contributed by atoms with Gasteiger partial charge in [-0.3, -0.25) is 9.80 Å². The molecule has 2 aliphatic carbocycles. The monoisotopic (exact) mass is 290 g/mol. The van der Waals surface area contributed by atoms with Gasteiger partial charge in [-0.1, -0.05) is 27.2 Å². The van der Waals surface area contributed by atoms with Crippen molar-refractivity contribution < 1.29 is 0 Å². The number of piperidine rings is 1. The van der Waals surface area contributed by atoms with Gasteiger partial charge in [0.25, 0.3) is 0 Å². The van der Waals surface area contributed by atoms with Crippen molar-refractivity contribution in [2.45, 2.75) is 77.8 Å². The Kier molecular flexibility index (Phi) is 3.43. The summed E-state index contributed by atoms with van der Waals surface area (Å²) in [4.78, 5) is 5.77. The summed E-state index contributed by atoms with van der Waals surface area (Å²) in [5.74, 6) is 0.984. The molecule has 4 rings (SSSR count). The molecule has 0 spiro atoms. The van der Waals surface area contributed by atoms with Crippen molar-refractivity contribution in [1.29, 1.82) is 0 Å². The van der Waals surface area contributed by atoms with Crippen LogP contribution in [-0.2, 0) is 0 Å². The van der Waals surface area contributed by atoms with E-state index in [-0.39, 0.29) is 0 Å². The quantitative estimate of drug-likeness (QED) is 0.725. The van der Waals surface area contributed by atoms with Crippen molar-refractivity contribution in [3.05, 3.63) is 0 Å². The lowest BCUT2D eigenvalue weighted by Crippen LogP contribution is -2.55. The van der Waals surface area contributed by atoms with E-state index in [0.717, 1.165) is 18.0 Å². The fourth-order valence-corrected chi connectivity index (χ4v) is 6.82. The molecule has 0 N–H and O–H groups in total. The highest BCUT2D eigenvalue weighted by molar-refractivity contribution is 5.13. The predicted molar refractivity (Wildman–Crippen MR) is 88.4 cm³/mol. The van der Waals surface area contributed by atoms with Crippen molar-refractivity contribution in [1.82, 2.24) is 9.80 Å². The van der Waals surface area contributed by atoms with Gasteiger partial charge in [0, 0.05) is 18.6 Å². The molecule has 120 valence electrons. The Bertz CT molecular complexity index is 400. The molecule has 2 heteroatoms. The normalized spacial score (nSPS) is 47.3. The van der Waals surface area contributed by atoms with Gasteiger partial charge in [0.1, 0.15) is 0 Å². The first-order chi connectivity index (χ1) is 10.0. The molecule has 0 amide bonds. The van der Waals surface area contributed by atoms with Gasteiger partial charge in [0.15, 0.2) is 0 Å². The van der Waals surface area contributed by atoms with Crippen LogP contribution in [0.4, 0.5) is 0 Å². The average molecular weight is 290 g/mol. The second kappa shape index (κ2) is 4.96. The molecule has 0 aromatic carbocycles. The number of rotatable bonds is 1. The maximum atomic E-state index is 2.95. The van der Waals surface area contributed by atoms with Crippen LogP contribution in [0.1, 0.15) is 65.7 Å². The van der Waals surface area contributed by atoms with E-state index in [0.29, 0.717) is 10.8 Å². The lowest BCUT2D eigenvalue weighted by atomic mass is 9.67. The maximum Gasteiger partial charge on any atom is 0.0223 e. The molecule has 21 heavy (non-hydrogen) atoms. The van der Waals surface area contributed by atoms with E-state index < -0.39 is 0 Å². The summed E-state index contributed by atoms with van der Waals surface area (Å²) in [7, 11) is 0. The first-order valence-electron chi connectivity index (χ1n) is 9.49. The molecule has 2 heterocycles. The Morgan fingerprint density at radius 3 is 2.38 bits per heavy atom. The van der Waals surface area contributed by atoms with Crippen LogP contribution in [0.3, 0.4) is 0 Å². The summed E-state index contributed by atoms with van der Waals surface area (Å²) >= 11 is 0. The topological polar surface area (TPSA) is 6.48 Å². The van der Waals surface area contributed by atoms with Gasteiger partial charge in [0.05, 0.1) is 0 Å². The Balaban J connectivity index is 1.57. The summed E-state index contributed by atoms with van der Waals surface area (Å²) in [5, 5.41) is 0. The lowest BCUT2D eigenvalue weighted by molar-refractivity contribution is -0.00412. The largest absolute Gasteiger partial charge is 0.299 e.